The number of aromatic nitrogens is 2. The first-order valence-electron chi connectivity index (χ1n) is 3.05. The Morgan fingerprint density at radius 1 is 1.27 bits per heavy atom. The van der Waals surface area contributed by atoms with Gasteiger partial charge in [0, 0.05) is 10.7 Å². The Hall–Kier alpha value is -0.350. The van der Waals surface area contributed by atoms with Gasteiger partial charge in [-0.2, -0.15) is 0 Å². The zero-order chi connectivity index (χ0) is 7.84. The fraction of sp³-hybridized carbons (Fsp3) is 0. The van der Waals surface area contributed by atoms with Crippen LogP contribution < -0.4 is 0 Å². The molecule has 0 fully saturated rings. The van der Waals surface area contributed by atoms with E-state index >= 15 is 0 Å². The van der Waals surface area contributed by atoms with Crippen LogP contribution in [0.5, 0.6) is 0 Å². The highest BCUT2D eigenvalue weighted by Crippen LogP contribution is 2.19. The van der Waals surface area contributed by atoms with E-state index in [-0.39, 0.29) is 0 Å². The van der Waals surface area contributed by atoms with Crippen LogP contribution in [0, 0.1) is 0 Å². The lowest BCUT2D eigenvalue weighted by Crippen LogP contribution is -1.72. The second-order valence-electron chi connectivity index (χ2n) is 2.20. The summed E-state index contributed by atoms with van der Waals surface area (Å²) in [6, 6.07) is 3.94. The number of rotatable bonds is 0. The predicted molar refractivity (Wildman–Crippen MR) is 51.5 cm³/mol. The molecule has 0 bridgehead atoms. The molecule has 1 N–H and O–H groups in total. The maximum atomic E-state index is 4.19. The maximum absolute atomic E-state index is 4.19. The summed E-state index contributed by atoms with van der Waals surface area (Å²) < 4.78 is 1.94. The number of halogens is 2. The minimum Gasteiger partial charge on any atom is -0.348 e. The molecule has 0 atom stereocenters. The van der Waals surface area contributed by atoms with Gasteiger partial charge < -0.3 is 4.98 Å². The van der Waals surface area contributed by atoms with Crippen LogP contribution in [0.15, 0.2) is 27.4 Å². The summed E-state index contributed by atoms with van der Waals surface area (Å²) >= 11 is 6.68. The first kappa shape index (κ1) is 7.31. The van der Waals surface area contributed by atoms with Gasteiger partial charge in [-0.05, 0) is 44.0 Å². The summed E-state index contributed by atoms with van der Waals surface area (Å²) in [6.45, 7) is 0. The van der Waals surface area contributed by atoms with Gasteiger partial charge in [-0.3, -0.25) is 4.98 Å². The van der Waals surface area contributed by atoms with Gasteiger partial charge in [-0.25, -0.2) is 0 Å². The van der Waals surface area contributed by atoms with Crippen LogP contribution in [0.3, 0.4) is 0 Å². The van der Waals surface area contributed by atoms with Gasteiger partial charge in [0.1, 0.15) is 0 Å². The van der Waals surface area contributed by atoms with E-state index in [1.165, 1.54) is 0 Å². The maximum Gasteiger partial charge on any atom is 0.0891 e. The molecule has 0 saturated carbocycles. The fourth-order valence-electron chi connectivity index (χ4n) is 0.950. The van der Waals surface area contributed by atoms with E-state index in [1.807, 2.05) is 12.1 Å². The first-order valence-corrected chi connectivity index (χ1v) is 4.64. The van der Waals surface area contributed by atoms with Crippen molar-refractivity contribution >= 4 is 42.9 Å². The molecule has 2 aromatic rings. The molecule has 0 spiro atoms. The molecular formula is C7H4Br2N2. The lowest BCUT2D eigenvalue weighted by molar-refractivity contribution is 1.37. The summed E-state index contributed by atoms with van der Waals surface area (Å²) in [4.78, 5) is 7.32. The monoisotopic (exact) mass is 274 g/mol. The van der Waals surface area contributed by atoms with Crippen molar-refractivity contribution in [1.82, 2.24) is 9.97 Å². The quantitative estimate of drug-likeness (QED) is 0.786. The number of hydrogen-bond donors (Lipinski definition) is 1. The Morgan fingerprint density at radius 2 is 2.09 bits per heavy atom. The molecule has 0 radical (unpaired) electrons. The summed E-state index contributed by atoms with van der Waals surface area (Å²) in [5.74, 6) is 0. The molecule has 2 rings (SSSR count). The van der Waals surface area contributed by atoms with E-state index in [2.05, 4.69) is 41.8 Å². The second kappa shape index (κ2) is 2.60. The van der Waals surface area contributed by atoms with Crippen molar-refractivity contribution in [2.45, 2.75) is 0 Å². The predicted octanol–water partition coefficient (Wildman–Crippen LogP) is 3.09. The molecule has 2 nitrogen and oxygen atoms in total. The van der Waals surface area contributed by atoms with E-state index in [0.29, 0.717) is 0 Å². The van der Waals surface area contributed by atoms with E-state index < -0.39 is 0 Å². The van der Waals surface area contributed by atoms with Crippen molar-refractivity contribution in [3.8, 4) is 0 Å². The van der Waals surface area contributed by atoms with E-state index in [1.54, 1.807) is 6.20 Å². The largest absolute Gasteiger partial charge is 0.348 e. The Kier molecular flexibility index (Phi) is 1.73. The average Bonchev–Trinajstić information content (AvgIpc) is 2.27. The SMILES string of the molecule is Brc1cnc2cc(Br)[nH]c2c1. The van der Waals surface area contributed by atoms with Crippen molar-refractivity contribution < 1.29 is 0 Å². The molecule has 0 amide bonds. The molecule has 0 aliphatic rings. The van der Waals surface area contributed by atoms with Crippen molar-refractivity contribution in [1.29, 1.82) is 0 Å². The van der Waals surface area contributed by atoms with Crippen molar-refractivity contribution in [2.75, 3.05) is 0 Å². The molecular weight excluding hydrogens is 272 g/mol. The van der Waals surface area contributed by atoms with Crippen molar-refractivity contribution in [3.63, 3.8) is 0 Å². The standard InChI is InChI=1S/C7H4Br2N2/c8-4-1-6-5(10-3-4)2-7(9)11-6/h1-3,11H. The molecule has 56 valence electrons. The highest BCUT2D eigenvalue weighted by atomic mass is 79.9. The smallest absolute Gasteiger partial charge is 0.0891 e. The summed E-state index contributed by atoms with van der Waals surface area (Å²) in [5, 5.41) is 0. The van der Waals surface area contributed by atoms with Crippen LogP contribution in [0.2, 0.25) is 0 Å². The number of H-pyrrole nitrogens is 1. The molecule has 0 saturated heterocycles. The van der Waals surface area contributed by atoms with Gasteiger partial charge in [0.15, 0.2) is 0 Å². The number of aromatic amines is 1. The van der Waals surface area contributed by atoms with Gasteiger partial charge >= 0.3 is 0 Å². The summed E-state index contributed by atoms with van der Waals surface area (Å²) in [5.41, 5.74) is 2.01. The normalized spacial score (nSPS) is 10.7. The molecule has 2 aromatic heterocycles. The van der Waals surface area contributed by atoms with Crippen LogP contribution in [0.1, 0.15) is 0 Å². The van der Waals surface area contributed by atoms with Crippen molar-refractivity contribution in [2.24, 2.45) is 0 Å². The molecule has 2 heterocycles. The highest BCUT2D eigenvalue weighted by Gasteiger charge is 1.98. The van der Waals surface area contributed by atoms with Crippen LogP contribution in [-0.2, 0) is 0 Å². The van der Waals surface area contributed by atoms with Gasteiger partial charge in [-0.15, -0.1) is 0 Å². The minimum absolute atomic E-state index is 0.957. The number of nitrogens with one attached hydrogen (secondary N) is 1. The Labute approximate surface area is 80.3 Å². The van der Waals surface area contributed by atoms with E-state index in [4.69, 9.17) is 0 Å². The van der Waals surface area contributed by atoms with Gasteiger partial charge in [0.25, 0.3) is 0 Å². The third kappa shape index (κ3) is 1.32. The van der Waals surface area contributed by atoms with Gasteiger partial charge in [0.05, 0.1) is 15.6 Å². The third-order valence-electron chi connectivity index (χ3n) is 1.40. The third-order valence-corrected chi connectivity index (χ3v) is 2.26. The zero-order valence-electron chi connectivity index (χ0n) is 5.44. The molecule has 0 unspecified atom stereocenters. The fourth-order valence-corrected chi connectivity index (χ4v) is 1.71. The Morgan fingerprint density at radius 3 is 2.91 bits per heavy atom. The van der Waals surface area contributed by atoms with E-state index in [9.17, 15) is 0 Å². The van der Waals surface area contributed by atoms with Crippen molar-refractivity contribution in [3.05, 3.63) is 27.4 Å². The highest BCUT2D eigenvalue weighted by molar-refractivity contribution is 9.10. The topological polar surface area (TPSA) is 28.7 Å². The summed E-state index contributed by atoms with van der Waals surface area (Å²) in [6.07, 6.45) is 1.78. The molecule has 0 aliphatic heterocycles. The lowest BCUT2D eigenvalue weighted by atomic mass is 10.4. The first-order chi connectivity index (χ1) is 5.25. The average molecular weight is 276 g/mol. The number of nitrogens with zero attached hydrogens (tertiary/aromatic N) is 1. The van der Waals surface area contributed by atoms with Crippen LogP contribution >= 0.6 is 31.9 Å². The Bertz CT molecular complexity index is 394. The van der Waals surface area contributed by atoms with Crippen LogP contribution in [-0.4, -0.2) is 9.97 Å². The minimum atomic E-state index is 0.957. The molecule has 11 heavy (non-hydrogen) atoms. The van der Waals surface area contributed by atoms with E-state index in [0.717, 1.165) is 20.1 Å². The number of hydrogen-bond acceptors (Lipinski definition) is 1. The summed E-state index contributed by atoms with van der Waals surface area (Å²) in [7, 11) is 0. The number of fused-ring (bicyclic) bond motifs is 1. The Balaban J connectivity index is 2.82. The zero-order valence-corrected chi connectivity index (χ0v) is 8.61. The molecule has 4 heteroatoms. The van der Waals surface area contributed by atoms with Gasteiger partial charge in [0.2, 0.25) is 0 Å². The van der Waals surface area contributed by atoms with Crippen LogP contribution in [0.25, 0.3) is 11.0 Å². The van der Waals surface area contributed by atoms with Crippen LogP contribution in [0.4, 0.5) is 0 Å². The van der Waals surface area contributed by atoms with Gasteiger partial charge in [-0.1, -0.05) is 0 Å². The molecule has 0 aromatic carbocycles. The lowest BCUT2D eigenvalue weighted by Gasteiger charge is -1.88. The second-order valence-corrected chi connectivity index (χ2v) is 3.97. The number of pyridine rings is 1. The molecule has 0 aliphatic carbocycles.